The average molecular weight is 187 g/mol. The minimum absolute atomic E-state index is 0.112. The van der Waals surface area contributed by atoms with Crippen molar-refractivity contribution in [3.8, 4) is 0 Å². The van der Waals surface area contributed by atoms with Crippen molar-refractivity contribution in [1.29, 1.82) is 0 Å². The Morgan fingerprint density at radius 2 is 1.93 bits per heavy atom. The van der Waals surface area contributed by atoms with Crippen molar-refractivity contribution in [3.05, 3.63) is 35.9 Å². The molecule has 1 aromatic rings. The Morgan fingerprint density at radius 3 is 2.43 bits per heavy atom. The Bertz CT molecular complexity index is 426. The van der Waals surface area contributed by atoms with Crippen LogP contribution in [0.4, 0.5) is 0 Å². The maximum atomic E-state index is 11.6. The van der Waals surface area contributed by atoms with Gasteiger partial charge in [-0.1, -0.05) is 30.3 Å². The summed E-state index contributed by atoms with van der Waals surface area (Å²) in [4.78, 5) is 22.9. The fraction of sp³-hybridized carbons (Fsp3) is 0.273. The molecule has 1 heterocycles. The lowest BCUT2D eigenvalue weighted by molar-refractivity contribution is -0.127. The number of hydrogen-bond donors (Lipinski definition) is 1. The number of carbonyl (C=O) groups is 2. The van der Waals surface area contributed by atoms with Crippen molar-refractivity contribution in [1.82, 2.24) is 5.32 Å². The van der Waals surface area contributed by atoms with Crippen LogP contribution in [0.2, 0.25) is 0 Å². The topological polar surface area (TPSA) is 46.2 Å². The Balaban J connectivity index is 2.09. The van der Waals surface area contributed by atoms with Gasteiger partial charge in [-0.05, 0) is 12.0 Å². The number of amides is 2. The number of imide groups is 1. The van der Waals surface area contributed by atoms with Crippen LogP contribution in [0.15, 0.2) is 30.3 Å². The molecule has 1 aliphatic heterocycles. The van der Waals surface area contributed by atoms with Crippen LogP contribution in [0.5, 0.6) is 0 Å². The summed E-state index contributed by atoms with van der Waals surface area (Å²) < 4.78 is 0. The molecule has 0 spiro atoms. The lowest BCUT2D eigenvalue weighted by atomic mass is 9.94. The fourth-order valence-corrected chi connectivity index (χ4v) is 2.33. The molecule has 1 N–H and O–H groups in total. The molecule has 0 unspecified atom stereocenters. The van der Waals surface area contributed by atoms with Crippen LogP contribution in [0.3, 0.4) is 0 Å². The Hall–Kier alpha value is -1.64. The average Bonchev–Trinajstić information content (AvgIpc) is 2.90. The van der Waals surface area contributed by atoms with Gasteiger partial charge in [0.05, 0.1) is 11.3 Å². The van der Waals surface area contributed by atoms with Gasteiger partial charge in [0, 0.05) is 0 Å². The van der Waals surface area contributed by atoms with Gasteiger partial charge >= 0.3 is 0 Å². The zero-order valence-corrected chi connectivity index (χ0v) is 7.49. The molecule has 0 aromatic heterocycles. The molecule has 3 rings (SSSR count). The SMILES string of the molecule is O=C1NC(=O)[C@]2(c3ccccc3)C[C@@H]12. The molecule has 1 saturated carbocycles. The maximum Gasteiger partial charge on any atom is 0.238 e. The highest BCUT2D eigenvalue weighted by Crippen LogP contribution is 2.57. The van der Waals surface area contributed by atoms with Crippen molar-refractivity contribution in [2.24, 2.45) is 5.92 Å². The van der Waals surface area contributed by atoms with Gasteiger partial charge in [0.1, 0.15) is 0 Å². The first-order chi connectivity index (χ1) is 6.75. The van der Waals surface area contributed by atoms with Gasteiger partial charge < -0.3 is 0 Å². The van der Waals surface area contributed by atoms with E-state index in [9.17, 15) is 9.59 Å². The number of nitrogens with one attached hydrogen (secondary N) is 1. The zero-order chi connectivity index (χ0) is 9.76. The highest BCUT2D eigenvalue weighted by atomic mass is 16.2. The summed E-state index contributed by atoms with van der Waals surface area (Å²) in [5, 5.41) is 2.38. The predicted octanol–water partition coefficient (Wildman–Crippen LogP) is 0.601. The van der Waals surface area contributed by atoms with Crippen LogP contribution in [0.25, 0.3) is 0 Å². The second-order valence-corrected chi connectivity index (χ2v) is 3.91. The summed E-state index contributed by atoms with van der Waals surface area (Å²) in [6.07, 6.45) is 0.682. The van der Waals surface area contributed by atoms with Crippen molar-refractivity contribution in [2.75, 3.05) is 0 Å². The Morgan fingerprint density at radius 1 is 1.21 bits per heavy atom. The summed E-state index contributed by atoms with van der Waals surface area (Å²) in [6.45, 7) is 0. The van der Waals surface area contributed by atoms with E-state index < -0.39 is 5.41 Å². The fourth-order valence-electron chi connectivity index (χ4n) is 2.33. The molecule has 14 heavy (non-hydrogen) atoms. The second kappa shape index (κ2) is 2.23. The molecule has 2 fully saturated rings. The van der Waals surface area contributed by atoms with Gasteiger partial charge in [0.15, 0.2) is 0 Å². The smallest absolute Gasteiger partial charge is 0.238 e. The predicted molar refractivity (Wildman–Crippen MR) is 49.4 cm³/mol. The van der Waals surface area contributed by atoms with Crippen LogP contribution in [0, 0.1) is 5.92 Å². The summed E-state index contributed by atoms with van der Waals surface area (Å²) in [5.41, 5.74) is 0.451. The minimum atomic E-state index is -0.516. The molecule has 2 amide bonds. The van der Waals surface area contributed by atoms with Gasteiger partial charge in [-0.25, -0.2) is 0 Å². The zero-order valence-electron chi connectivity index (χ0n) is 7.49. The van der Waals surface area contributed by atoms with E-state index in [0.29, 0.717) is 6.42 Å². The van der Waals surface area contributed by atoms with Gasteiger partial charge in [-0.3, -0.25) is 14.9 Å². The number of benzene rings is 1. The van der Waals surface area contributed by atoms with E-state index in [2.05, 4.69) is 5.32 Å². The van der Waals surface area contributed by atoms with E-state index in [0.717, 1.165) is 5.56 Å². The lowest BCUT2D eigenvalue weighted by Crippen LogP contribution is -2.30. The van der Waals surface area contributed by atoms with Crippen LogP contribution in [0.1, 0.15) is 12.0 Å². The highest BCUT2D eigenvalue weighted by Gasteiger charge is 2.69. The van der Waals surface area contributed by atoms with E-state index in [4.69, 9.17) is 0 Å². The molecule has 3 nitrogen and oxygen atoms in total. The van der Waals surface area contributed by atoms with Gasteiger partial charge in [-0.2, -0.15) is 0 Å². The third-order valence-corrected chi connectivity index (χ3v) is 3.21. The van der Waals surface area contributed by atoms with Crippen LogP contribution < -0.4 is 5.32 Å². The van der Waals surface area contributed by atoms with Crippen molar-refractivity contribution >= 4 is 11.8 Å². The summed E-state index contributed by atoms with van der Waals surface area (Å²) >= 11 is 0. The minimum Gasteiger partial charge on any atom is -0.295 e. The normalized spacial score (nSPS) is 33.9. The largest absolute Gasteiger partial charge is 0.295 e. The first-order valence-corrected chi connectivity index (χ1v) is 4.66. The quantitative estimate of drug-likeness (QED) is 0.654. The highest BCUT2D eigenvalue weighted by molar-refractivity contribution is 6.15. The second-order valence-electron chi connectivity index (χ2n) is 3.91. The number of piperidine rings is 1. The summed E-state index contributed by atoms with van der Waals surface area (Å²) in [5.74, 6) is -0.352. The van der Waals surface area contributed by atoms with Crippen molar-refractivity contribution in [2.45, 2.75) is 11.8 Å². The molecule has 1 aliphatic carbocycles. The van der Waals surface area contributed by atoms with Crippen molar-refractivity contribution < 1.29 is 9.59 Å². The molecule has 1 aromatic carbocycles. The first-order valence-electron chi connectivity index (χ1n) is 4.66. The number of fused-ring (bicyclic) bond motifs is 1. The molecule has 70 valence electrons. The van der Waals surface area contributed by atoms with Gasteiger partial charge in [0.25, 0.3) is 0 Å². The Labute approximate surface area is 81.1 Å². The van der Waals surface area contributed by atoms with E-state index in [1.54, 1.807) is 0 Å². The van der Waals surface area contributed by atoms with Crippen molar-refractivity contribution in [3.63, 3.8) is 0 Å². The van der Waals surface area contributed by atoms with E-state index in [1.165, 1.54) is 0 Å². The third-order valence-electron chi connectivity index (χ3n) is 3.21. The Kier molecular flexibility index (Phi) is 1.23. The van der Waals surface area contributed by atoms with Crippen LogP contribution in [-0.4, -0.2) is 11.8 Å². The van der Waals surface area contributed by atoms with E-state index in [-0.39, 0.29) is 17.7 Å². The van der Waals surface area contributed by atoms with Gasteiger partial charge in [0.2, 0.25) is 11.8 Å². The maximum absolute atomic E-state index is 11.6. The first kappa shape index (κ1) is 7.74. The molecule has 0 bridgehead atoms. The number of hydrogen-bond acceptors (Lipinski definition) is 2. The molecule has 3 heteroatoms. The molecule has 2 atom stereocenters. The molecular weight excluding hydrogens is 178 g/mol. The van der Waals surface area contributed by atoms with Gasteiger partial charge in [-0.15, -0.1) is 0 Å². The molecular formula is C11H9NO2. The van der Waals surface area contributed by atoms with Crippen LogP contribution >= 0.6 is 0 Å². The molecule has 1 saturated heterocycles. The number of carbonyl (C=O) groups excluding carboxylic acids is 2. The standard InChI is InChI=1S/C11H9NO2/c13-9-8-6-11(8,10(14)12-9)7-4-2-1-3-5-7/h1-5,8H,6H2,(H,12,13,14)/t8-,11-/m0/s1. The third kappa shape index (κ3) is 0.726. The lowest BCUT2D eigenvalue weighted by Gasteiger charge is -2.08. The van der Waals surface area contributed by atoms with E-state index in [1.807, 2.05) is 30.3 Å². The number of rotatable bonds is 1. The summed E-state index contributed by atoms with van der Waals surface area (Å²) in [6, 6.07) is 9.54. The monoisotopic (exact) mass is 187 g/mol. The summed E-state index contributed by atoms with van der Waals surface area (Å²) in [7, 11) is 0. The van der Waals surface area contributed by atoms with Crippen LogP contribution in [-0.2, 0) is 15.0 Å². The molecule has 0 radical (unpaired) electrons. The molecule has 2 aliphatic rings. The van der Waals surface area contributed by atoms with E-state index >= 15 is 0 Å².